The Kier molecular flexibility index (Phi) is 4.58. The van der Waals surface area contributed by atoms with Gasteiger partial charge in [0.05, 0.1) is 5.69 Å². The third-order valence-corrected chi connectivity index (χ3v) is 3.77. The summed E-state index contributed by atoms with van der Waals surface area (Å²) in [5, 5.41) is 7.03. The van der Waals surface area contributed by atoms with E-state index in [0.717, 1.165) is 42.9 Å². The third kappa shape index (κ3) is 3.80. The van der Waals surface area contributed by atoms with Crippen molar-refractivity contribution in [2.24, 2.45) is 0 Å². The maximum Gasteiger partial charge on any atom is 0.220 e. The molecule has 0 aliphatic carbocycles. The lowest BCUT2D eigenvalue weighted by Crippen LogP contribution is -2.46. The minimum Gasteiger partial charge on any atom is -0.361 e. The normalized spacial score (nSPS) is 20.5. The van der Waals surface area contributed by atoms with Gasteiger partial charge in [0.15, 0.2) is 0 Å². The van der Waals surface area contributed by atoms with Crippen LogP contribution in [0.25, 0.3) is 0 Å². The Bertz CT molecular complexity index is 422. The van der Waals surface area contributed by atoms with Crippen LogP contribution in [0.15, 0.2) is 4.52 Å². The Balaban J connectivity index is 1.78. The second-order valence-corrected chi connectivity index (χ2v) is 5.47. The van der Waals surface area contributed by atoms with Gasteiger partial charge in [-0.05, 0) is 46.7 Å². The van der Waals surface area contributed by atoms with Crippen LogP contribution in [-0.4, -0.2) is 42.1 Å². The zero-order chi connectivity index (χ0) is 13.8. The number of carbonyl (C=O) groups is 1. The summed E-state index contributed by atoms with van der Waals surface area (Å²) in [6.45, 7) is 5.89. The molecule has 1 aliphatic rings. The van der Waals surface area contributed by atoms with Crippen molar-refractivity contribution in [1.82, 2.24) is 15.4 Å². The molecule has 1 amide bonds. The first-order valence-corrected chi connectivity index (χ1v) is 6.96. The van der Waals surface area contributed by atoms with E-state index in [0.29, 0.717) is 18.9 Å². The van der Waals surface area contributed by atoms with Crippen molar-refractivity contribution in [1.29, 1.82) is 0 Å². The van der Waals surface area contributed by atoms with Gasteiger partial charge in [0, 0.05) is 24.6 Å². The standard InChI is InChI=1S/C14H23N3O2/c1-10-13(11(2)19-16-10)6-7-14(18)15-12-5-4-8-17(3)9-12/h12H,4-9H2,1-3H3,(H,15,18). The SMILES string of the molecule is Cc1noc(C)c1CCC(=O)NC1CCCN(C)C1. The molecule has 1 aromatic rings. The first-order chi connectivity index (χ1) is 9.06. The lowest BCUT2D eigenvalue weighted by molar-refractivity contribution is -0.122. The molecule has 0 aromatic carbocycles. The largest absolute Gasteiger partial charge is 0.361 e. The number of carbonyl (C=O) groups excluding carboxylic acids is 1. The minimum atomic E-state index is 0.125. The molecule has 1 saturated heterocycles. The number of aryl methyl sites for hydroxylation is 2. The number of hydrogen-bond acceptors (Lipinski definition) is 4. The van der Waals surface area contributed by atoms with E-state index in [1.54, 1.807) is 0 Å². The quantitative estimate of drug-likeness (QED) is 0.895. The van der Waals surface area contributed by atoms with Crippen molar-refractivity contribution in [3.05, 3.63) is 17.0 Å². The summed E-state index contributed by atoms with van der Waals surface area (Å²) in [6.07, 6.45) is 3.45. The fourth-order valence-corrected chi connectivity index (χ4v) is 2.68. The summed E-state index contributed by atoms with van der Waals surface area (Å²) in [6, 6.07) is 0.302. The molecule has 0 bridgehead atoms. The smallest absolute Gasteiger partial charge is 0.220 e. The summed E-state index contributed by atoms with van der Waals surface area (Å²) in [7, 11) is 2.10. The summed E-state index contributed by atoms with van der Waals surface area (Å²) in [4.78, 5) is 14.2. The van der Waals surface area contributed by atoms with Crippen LogP contribution in [-0.2, 0) is 11.2 Å². The predicted octanol–water partition coefficient (Wildman–Crippen LogP) is 1.43. The minimum absolute atomic E-state index is 0.125. The van der Waals surface area contributed by atoms with Gasteiger partial charge in [-0.15, -0.1) is 0 Å². The molecule has 0 radical (unpaired) electrons. The highest BCUT2D eigenvalue weighted by atomic mass is 16.5. The van der Waals surface area contributed by atoms with E-state index >= 15 is 0 Å². The molecule has 1 aliphatic heterocycles. The molecule has 1 fully saturated rings. The summed E-state index contributed by atoms with van der Waals surface area (Å²) < 4.78 is 5.10. The van der Waals surface area contributed by atoms with Crippen LogP contribution in [0.3, 0.4) is 0 Å². The molecular formula is C14H23N3O2. The summed E-state index contributed by atoms with van der Waals surface area (Å²) >= 11 is 0. The average molecular weight is 265 g/mol. The number of likely N-dealkylation sites (N-methyl/N-ethyl adjacent to an activating group) is 1. The second kappa shape index (κ2) is 6.19. The molecule has 2 heterocycles. The zero-order valence-corrected chi connectivity index (χ0v) is 12.0. The van der Waals surface area contributed by atoms with Crippen molar-refractivity contribution in [2.45, 2.75) is 45.6 Å². The first-order valence-electron chi connectivity index (χ1n) is 6.96. The van der Waals surface area contributed by atoms with Gasteiger partial charge in [0.2, 0.25) is 5.91 Å². The van der Waals surface area contributed by atoms with Gasteiger partial charge in [0.25, 0.3) is 0 Å². The average Bonchev–Trinajstić information content (AvgIpc) is 2.67. The zero-order valence-electron chi connectivity index (χ0n) is 12.0. The number of rotatable bonds is 4. The number of hydrogen-bond donors (Lipinski definition) is 1. The van der Waals surface area contributed by atoms with E-state index in [4.69, 9.17) is 4.52 Å². The van der Waals surface area contributed by atoms with Gasteiger partial charge in [-0.25, -0.2) is 0 Å². The molecule has 106 valence electrons. The van der Waals surface area contributed by atoms with Crippen molar-refractivity contribution in [3.8, 4) is 0 Å². The number of aromatic nitrogens is 1. The topological polar surface area (TPSA) is 58.4 Å². The Morgan fingerprint density at radius 1 is 1.53 bits per heavy atom. The lowest BCUT2D eigenvalue weighted by atomic mass is 10.0. The van der Waals surface area contributed by atoms with E-state index in [1.807, 2.05) is 13.8 Å². The number of nitrogens with zero attached hydrogens (tertiary/aromatic N) is 2. The van der Waals surface area contributed by atoms with Gasteiger partial charge in [-0.1, -0.05) is 5.16 Å². The van der Waals surface area contributed by atoms with E-state index < -0.39 is 0 Å². The Hall–Kier alpha value is -1.36. The Labute approximate surface area is 114 Å². The molecule has 19 heavy (non-hydrogen) atoms. The van der Waals surface area contributed by atoms with Gasteiger partial charge in [-0.2, -0.15) is 0 Å². The van der Waals surface area contributed by atoms with Crippen LogP contribution in [0.5, 0.6) is 0 Å². The van der Waals surface area contributed by atoms with Gasteiger partial charge in [0.1, 0.15) is 5.76 Å². The maximum atomic E-state index is 12.0. The molecule has 1 unspecified atom stereocenters. The van der Waals surface area contributed by atoms with Gasteiger partial charge >= 0.3 is 0 Å². The van der Waals surface area contributed by atoms with Crippen LogP contribution in [0, 0.1) is 13.8 Å². The van der Waals surface area contributed by atoms with Crippen molar-refractivity contribution in [3.63, 3.8) is 0 Å². The Morgan fingerprint density at radius 2 is 2.32 bits per heavy atom. The fourth-order valence-electron chi connectivity index (χ4n) is 2.68. The lowest BCUT2D eigenvalue weighted by Gasteiger charge is -2.30. The molecule has 1 aromatic heterocycles. The Morgan fingerprint density at radius 3 is 2.95 bits per heavy atom. The highest BCUT2D eigenvalue weighted by Gasteiger charge is 2.19. The molecule has 1 atom stereocenters. The van der Waals surface area contributed by atoms with Crippen LogP contribution >= 0.6 is 0 Å². The number of likely N-dealkylation sites (tertiary alicyclic amines) is 1. The van der Waals surface area contributed by atoms with E-state index in [9.17, 15) is 4.79 Å². The molecule has 1 N–H and O–H groups in total. The van der Waals surface area contributed by atoms with E-state index in [-0.39, 0.29) is 5.91 Å². The number of piperidine rings is 1. The molecule has 5 heteroatoms. The number of nitrogens with one attached hydrogen (secondary N) is 1. The second-order valence-electron chi connectivity index (χ2n) is 5.47. The van der Waals surface area contributed by atoms with E-state index in [1.165, 1.54) is 0 Å². The van der Waals surface area contributed by atoms with Gasteiger partial charge in [-0.3, -0.25) is 4.79 Å². The predicted molar refractivity (Wildman–Crippen MR) is 73.0 cm³/mol. The number of amides is 1. The van der Waals surface area contributed by atoms with E-state index in [2.05, 4.69) is 22.4 Å². The fraction of sp³-hybridized carbons (Fsp3) is 0.714. The monoisotopic (exact) mass is 265 g/mol. The van der Waals surface area contributed by atoms with Crippen LogP contribution in [0.1, 0.15) is 36.3 Å². The van der Waals surface area contributed by atoms with Crippen molar-refractivity contribution in [2.75, 3.05) is 20.1 Å². The highest BCUT2D eigenvalue weighted by Crippen LogP contribution is 2.14. The molecule has 2 rings (SSSR count). The highest BCUT2D eigenvalue weighted by molar-refractivity contribution is 5.76. The van der Waals surface area contributed by atoms with Crippen molar-refractivity contribution < 1.29 is 9.32 Å². The molecule has 0 saturated carbocycles. The summed E-state index contributed by atoms with van der Waals surface area (Å²) in [5.41, 5.74) is 1.96. The third-order valence-electron chi connectivity index (χ3n) is 3.77. The maximum absolute atomic E-state index is 12.0. The van der Waals surface area contributed by atoms with Crippen molar-refractivity contribution >= 4 is 5.91 Å². The van der Waals surface area contributed by atoms with Crippen LogP contribution in [0.4, 0.5) is 0 Å². The van der Waals surface area contributed by atoms with Crippen LogP contribution in [0.2, 0.25) is 0 Å². The molecule has 0 spiro atoms. The molecule has 5 nitrogen and oxygen atoms in total. The first kappa shape index (κ1) is 14.1. The van der Waals surface area contributed by atoms with Gasteiger partial charge < -0.3 is 14.7 Å². The molecular weight excluding hydrogens is 242 g/mol. The van der Waals surface area contributed by atoms with Crippen LogP contribution < -0.4 is 5.32 Å². The summed E-state index contributed by atoms with van der Waals surface area (Å²) in [5.74, 6) is 0.947.